The smallest absolute Gasteiger partial charge is 0.303 e. The summed E-state index contributed by atoms with van der Waals surface area (Å²) < 4.78 is 0. The van der Waals surface area contributed by atoms with Crippen LogP contribution in [0.15, 0.2) is 0 Å². The molecule has 0 saturated carbocycles. The van der Waals surface area contributed by atoms with Crippen LogP contribution in [0.25, 0.3) is 0 Å². The highest BCUT2D eigenvalue weighted by molar-refractivity contribution is 8.76. The lowest BCUT2D eigenvalue weighted by Gasteiger charge is -2.04. The fraction of sp³-hybridized carbons (Fsp3) is 0.944. The van der Waals surface area contributed by atoms with E-state index in [9.17, 15) is 9.59 Å². The topological polar surface area (TPSA) is 74.6 Å². The highest BCUT2D eigenvalue weighted by Crippen LogP contribution is 2.25. The summed E-state index contributed by atoms with van der Waals surface area (Å²) in [7, 11) is 4.20. The van der Waals surface area contributed by atoms with Gasteiger partial charge in [0.1, 0.15) is 0 Å². The zero-order valence-electron chi connectivity index (χ0n) is 27.6. The number of carboxylic acid groups (broad SMARTS) is 2. The van der Waals surface area contributed by atoms with Crippen LogP contribution in [-0.4, -0.2) is 33.7 Å². The number of rotatable bonds is 37. The Hall–Kier alpha value is -0.360. The van der Waals surface area contributed by atoms with Crippen molar-refractivity contribution in [2.45, 2.75) is 205 Å². The van der Waals surface area contributed by atoms with Crippen molar-refractivity contribution < 1.29 is 19.8 Å². The second kappa shape index (κ2) is 36.8. The Morgan fingerprint density at radius 3 is 0.643 bits per heavy atom. The van der Waals surface area contributed by atoms with Crippen LogP contribution in [0.5, 0.6) is 0 Å². The summed E-state index contributed by atoms with van der Waals surface area (Å²) in [6.07, 6.45) is 40.2. The van der Waals surface area contributed by atoms with Gasteiger partial charge in [0.05, 0.1) is 0 Å². The van der Waals surface area contributed by atoms with E-state index < -0.39 is 11.9 Å². The Kier molecular flexibility index (Phi) is 36.5. The van der Waals surface area contributed by atoms with Crippen molar-refractivity contribution in [1.29, 1.82) is 0 Å². The van der Waals surface area contributed by atoms with Crippen molar-refractivity contribution >= 4 is 33.5 Å². The molecule has 250 valence electrons. The molecule has 0 spiro atoms. The lowest BCUT2D eigenvalue weighted by atomic mass is 10.0. The molecule has 2 N–H and O–H groups in total. The van der Waals surface area contributed by atoms with E-state index in [1.807, 2.05) is 0 Å². The van der Waals surface area contributed by atoms with Gasteiger partial charge in [-0.2, -0.15) is 0 Å². The molecule has 0 fully saturated rings. The summed E-state index contributed by atoms with van der Waals surface area (Å²) in [6, 6.07) is 0. The van der Waals surface area contributed by atoms with Gasteiger partial charge in [-0.3, -0.25) is 9.59 Å². The van der Waals surface area contributed by atoms with Crippen molar-refractivity contribution in [2.24, 2.45) is 0 Å². The van der Waals surface area contributed by atoms with Gasteiger partial charge in [0, 0.05) is 24.3 Å². The normalized spacial score (nSPS) is 11.3. The molecule has 0 amide bonds. The minimum absolute atomic E-state index is 0.338. The Morgan fingerprint density at radius 1 is 0.286 bits per heavy atom. The molecule has 0 heterocycles. The molecule has 0 saturated heterocycles. The lowest BCUT2D eigenvalue weighted by Crippen LogP contribution is -1.93. The molecule has 0 aromatic rings. The molecule has 0 radical (unpaired) electrons. The van der Waals surface area contributed by atoms with E-state index in [1.165, 1.54) is 178 Å². The Bertz CT molecular complexity index is 511. The van der Waals surface area contributed by atoms with Gasteiger partial charge in [0.25, 0.3) is 0 Å². The van der Waals surface area contributed by atoms with Gasteiger partial charge in [0.2, 0.25) is 0 Å². The Balaban J connectivity index is 3.04. The highest BCUT2D eigenvalue weighted by atomic mass is 33.1. The van der Waals surface area contributed by atoms with Crippen molar-refractivity contribution in [3.63, 3.8) is 0 Å². The molecular formula is C36H70O4S2. The average Bonchev–Trinajstić information content (AvgIpc) is 2.96. The first-order chi connectivity index (χ1) is 20.6. The third kappa shape index (κ3) is 39.6. The number of carbonyl (C=O) groups is 2. The number of aliphatic carboxylic acids is 2. The van der Waals surface area contributed by atoms with Gasteiger partial charge >= 0.3 is 11.9 Å². The van der Waals surface area contributed by atoms with Gasteiger partial charge in [-0.25, -0.2) is 0 Å². The van der Waals surface area contributed by atoms with E-state index in [0.717, 1.165) is 25.7 Å². The van der Waals surface area contributed by atoms with Crippen LogP contribution >= 0.6 is 21.6 Å². The van der Waals surface area contributed by atoms with Gasteiger partial charge < -0.3 is 10.2 Å². The summed E-state index contributed by atoms with van der Waals surface area (Å²) in [5.41, 5.74) is 0. The van der Waals surface area contributed by atoms with E-state index in [2.05, 4.69) is 21.6 Å². The summed E-state index contributed by atoms with van der Waals surface area (Å²) in [6.45, 7) is 0. The minimum Gasteiger partial charge on any atom is -0.481 e. The molecule has 0 aromatic carbocycles. The number of carboxylic acids is 2. The molecule has 0 rings (SSSR count). The van der Waals surface area contributed by atoms with Crippen LogP contribution in [-0.2, 0) is 9.59 Å². The summed E-state index contributed by atoms with van der Waals surface area (Å²) >= 11 is 0. The highest BCUT2D eigenvalue weighted by Gasteiger charge is 1.99. The molecule has 0 atom stereocenters. The number of hydrogen-bond donors (Lipinski definition) is 2. The van der Waals surface area contributed by atoms with E-state index in [1.54, 1.807) is 0 Å². The maximum atomic E-state index is 10.5. The average molecular weight is 631 g/mol. The second-order valence-electron chi connectivity index (χ2n) is 12.5. The van der Waals surface area contributed by atoms with Crippen LogP contribution in [0.2, 0.25) is 0 Å². The summed E-state index contributed by atoms with van der Waals surface area (Å²) in [5.74, 6) is 1.35. The van der Waals surface area contributed by atoms with E-state index in [0.29, 0.717) is 12.8 Å². The minimum atomic E-state index is -0.655. The predicted octanol–water partition coefficient (Wildman–Crippen LogP) is 13.0. The SMILES string of the molecule is O=C(O)CCCCCCCCCCCCCCCCCSSCCCCCCCCCCCCCCCCCC(=O)O. The van der Waals surface area contributed by atoms with Crippen LogP contribution in [0.3, 0.4) is 0 Å². The molecule has 0 aliphatic heterocycles. The molecule has 0 aromatic heterocycles. The van der Waals surface area contributed by atoms with Gasteiger partial charge in [-0.15, -0.1) is 0 Å². The first-order valence-corrected chi connectivity index (χ1v) is 20.8. The van der Waals surface area contributed by atoms with Crippen molar-refractivity contribution in [1.82, 2.24) is 0 Å². The predicted molar refractivity (Wildman–Crippen MR) is 188 cm³/mol. The summed E-state index contributed by atoms with van der Waals surface area (Å²) in [4.78, 5) is 21.0. The van der Waals surface area contributed by atoms with E-state index in [4.69, 9.17) is 10.2 Å². The molecule has 0 aliphatic rings. The van der Waals surface area contributed by atoms with Crippen LogP contribution in [0.1, 0.15) is 205 Å². The second-order valence-corrected chi connectivity index (χ2v) is 15.2. The maximum absolute atomic E-state index is 10.5. The van der Waals surface area contributed by atoms with Crippen LogP contribution in [0.4, 0.5) is 0 Å². The first kappa shape index (κ1) is 41.6. The van der Waals surface area contributed by atoms with Gasteiger partial charge in [-0.1, -0.05) is 189 Å². The monoisotopic (exact) mass is 630 g/mol. The molecule has 0 bridgehead atoms. The van der Waals surface area contributed by atoms with Crippen LogP contribution in [0, 0.1) is 0 Å². The fourth-order valence-electron chi connectivity index (χ4n) is 5.59. The van der Waals surface area contributed by atoms with E-state index in [-0.39, 0.29) is 0 Å². The fourth-order valence-corrected chi connectivity index (χ4v) is 7.88. The van der Waals surface area contributed by atoms with Crippen molar-refractivity contribution in [3.8, 4) is 0 Å². The Morgan fingerprint density at radius 2 is 0.452 bits per heavy atom. The van der Waals surface area contributed by atoms with Gasteiger partial charge in [-0.05, 0) is 25.7 Å². The summed E-state index contributed by atoms with van der Waals surface area (Å²) in [5, 5.41) is 17.3. The third-order valence-corrected chi connectivity index (χ3v) is 10.9. The third-order valence-electron chi connectivity index (χ3n) is 8.32. The molecule has 42 heavy (non-hydrogen) atoms. The molecule has 0 unspecified atom stereocenters. The zero-order chi connectivity index (χ0) is 30.6. The van der Waals surface area contributed by atoms with Crippen LogP contribution < -0.4 is 0 Å². The Labute approximate surface area is 269 Å². The quantitative estimate of drug-likeness (QED) is 0.0525. The largest absolute Gasteiger partial charge is 0.481 e. The lowest BCUT2D eigenvalue weighted by molar-refractivity contribution is -0.138. The van der Waals surface area contributed by atoms with Crippen molar-refractivity contribution in [2.75, 3.05) is 11.5 Å². The first-order valence-electron chi connectivity index (χ1n) is 18.3. The van der Waals surface area contributed by atoms with Crippen molar-refractivity contribution in [3.05, 3.63) is 0 Å². The number of unbranched alkanes of at least 4 members (excludes halogenated alkanes) is 28. The maximum Gasteiger partial charge on any atom is 0.303 e. The molecule has 4 nitrogen and oxygen atoms in total. The standard InChI is InChI=1S/C36H70O4S2/c37-35(38)31-27-23-19-15-11-7-3-1-5-9-13-17-21-25-29-33-41-42-34-30-26-22-18-14-10-6-2-4-8-12-16-20-24-28-32-36(39)40/h1-34H2,(H,37,38)(H,39,40). The van der Waals surface area contributed by atoms with E-state index >= 15 is 0 Å². The zero-order valence-corrected chi connectivity index (χ0v) is 29.2. The number of hydrogen-bond acceptors (Lipinski definition) is 4. The molecule has 0 aliphatic carbocycles. The molecular weight excluding hydrogens is 561 g/mol. The molecule has 6 heteroatoms. The van der Waals surface area contributed by atoms with Gasteiger partial charge in [0.15, 0.2) is 0 Å².